The quantitative estimate of drug-likeness (QED) is 0.634. The molecule has 2 rings (SSSR count). The Bertz CT molecular complexity index is 661. The Hall–Kier alpha value is -2.61. The van der Waals surface area contributed by atoms with Gasteiger partial charge in [-0.05, 0) is 52.3 Å². The predicted octanol–water partition coefficient (Wildman–Crippen LogP) is 2.69. The van der Waals surface area contributed by atoms with Gasteiger partial charge in [0, 0.05) is 17.4 Å². The number of nitrogens with zero attached hydrogens (tertiary/aromatic N) is 1. The molecule has 0 radical (unpaired) electrons. The third-order valence-corrected chi connectivity index (χ3v) is 3.09. The standard InChI is InChI=1S/C13H11BrN4O3/c14-10-2-1-7-15-11(10)17-18-12(19)8-3-5-9(6-4-8)16-13(20)21/h1-7,16H,(H,15,17)(H,18,19)(H,20,21). The maximum Gasteiger partial charge on any atom is 0.409 e. The summed E-state index contributed by atoms with van der Waals surface area (Å²) in [7, 11) is 0. The first-order valence-electron chi connectivity index (χ1n) is 5.83. The summed E-state index contributed by atoms with van der Waals surface area (Å²) in [6.45, 7) is 0. The van der Waals surface area contributed by atoms with Crippen LogP contribution in [0.3, 0.4) is 0 Å². The summed E-state index contributed by atoms with van der Waals surface area (Å²) in [6, 6.07) is 9.56. The molecule has 0 atom stereocenters. The molecule has 0 aliphatic heterocycles. The van der Waals surface area contributed by atoms with Gasteiger partial charge in [0.1, 0.15) is 0 Å². The number of nitrogens with one attached hydrogen (secondary N) is 3. The van der Waals surface area contributed by atoms with Crippen molar-refractivity contribution in [3.63, 3.8) is 0 Å². The SMILES string of the molecule is O=C(O)Nc1ccc(C(=O)NNc2ncccc2Br)cc1. The molecule has 0 aliphatic carbocycles. The average Bonchev–Trinajstić information content (AvgIpc) is 2.46. The molecule has 1 heterocycles. The van der Waals surface area contributed by atoms with E-state index in [1.165, 1.54) is 24.3 Å². The maximum absolute atomic E-state index is 11.9. The lowest BCUT2D eigenvalue weighted by atomic mass is 10.2. The summed E-state index contributed by atoms with van der Waals surface area (Å²) in [4.78, 5) is 26.4. The molecule has 0 bridgehead atoms. The van der Waals surface area contributed by atoms with Gasteiger partial charge >= 0.3 is 6.09 Å². The van der Waals surface area contributed by atoms with Crippen LogP contribution in [-0.4, -0.2) is 22.1 Å². The Labute approximate surface area is 128 Å². The van der Waals surface area contributed by atoms with Crippen LogP contribution in [0.15, 0.2) is 47.1 Å². The van der Waals surface area contributed by atoms with Crippen LogP contribution >= 0.6 is 15.9 Å². The number of carbonyl (C=O) groups is 2. The largest absolute Gasteiger partial charge is 0.465 e. The van der Waals surface area contributed by atoms with Gasteiger partial charge in [-0.3, -0.25) is 21.0 Å². The number of carbonyl (C=O) groups excluding carboxylic acids is 1. The van der Waals surface area contributed by atoms with E-state index in [0.717, 1.165) is 0 Å². The molecule has 2 aromatic rings. The third kappa shape index (κ3) is 4.18. The van der Waals surface area contributed by atoms with E-state index in [-0.39, 0.29) is 5.91 Å². The van der Waals surface area contributed by atoms with Crippen LogP contribution in [0.4, 0.5) is 16.3 Å². The van der Waals surface area contributed by atoms with Crippen molar-refractivity contribution < 1.29 is 14.7 Å². The highest BCUT2D eigenvalue weighted by Gasteiger charge is 2.07. The van der Waals surface area contributed by atoms with Crippen molar-refractivity contribution in [3.05, 3.63) is 52.6 Å². The Morgan fingerprint density at radius 1 is 1.14 bits per heavy atom. The molecule has 2 amide bonds. The molecule has 21 heavy (non-hydrogen) atoms. The van der Waals surface area contributed by atoms with E-state index in [9.17, 15) is 9.59 Å². The zero-order valence-corrected chi connectivity index (χ0v) is 12.2. The molecule has 0 spiro atoms. The number of amides is 2. The fourth-order valence-corrected chi connectivity index (χ4v) is 1.85. The minimum absolute atomic E-state index is 0.366. The molecular weight excluding hydrogens is 340 g/mol. The molecule has 0 unspecified atom stereocenters. The van der Waals surface area contributed by atoms with Gasteiger partial charge in [-0.2, -0.15) is 0 Å². The summed E-state index contributed by atoms with van der Waals surface area (Å²) in [6.07, 6.45) is 0.430. The number of hydrogen-bond acceptors (Lipinski definition) is 4. The van der Waals surface area contributed by atoms with Crippen LogP contribution in [-0.2, 0) is 0 Å². The Morgan fingerprint density at radius 3 is 2.48 bits per heavy atom. The molecular formula is C13H11BrN4O3. The van der Waals surface area contributed by atoms with Gasteiger partial charge in [0.25, 0.3) is 5.91 Å². The number of benzene rings is 1. The highest BCUT2D eigenvalue weighted by atomic mass is 79.9. The number of hydrazine groups is 1. The van der Waals surface area contributed by atoms with Crippen LogP contribution in [0.2, 0.25) is 0 Å². The highest BCUT2D eigenvalue weighted by molar-refractivity contribution is 9.10. The number of halogens is 1. The van der Waals surface area contributed by atoms with Crippen molar-refractivity contribution in [2.24, 2.45) is 0 Å². The molecule has 0 saturated carbocycles. The molecule has 4 N–H and O–H groups in total. The zero-order valence-electron chi connectivity index (χ0n) is 10.6. The average molecular weight is 351 g/mol. The second kappa shape index (κ2) is 6.71. The molecule has 0 aliphatic rings. The van der Waals surface area contributed by atoms with E-state index >= 15 is 0 Å². The Balaban J connectivity index is 1.97. The first kappa shape index (κ1) is 14.8. The lowest BCUT2D eigenvalue weighted by Crippen LogP contribution is -2.29. The topological polar surface area (TPSA) is 103 Å². The molecule has 1 aromatic heterocycles. The van der Waals surface area contributed by atoms with Gasteiger partial charge in [0.15, 0.2) is 5.82 Å². The van der Waals surface area contributed by atoms with Crippen LogP contribution in [0.25, 0.3) is 0 Å². The highest BCUT2D eigenvalue weighted by Crippen LogP contribution is 2.17. The summed E-state index contributed by atoms with van der Waals surface area (Å²) >= 11 is 3.29. The van der Waals surface area contributed by atoms with Gasteiger partial charge in [-0.15, -0.1) is 0 Å². The minimum atomic E-state index is -1.16. The number of aromatic nitrogens is 1. The smallest absolute Gasteiger partial charge is 0.409 e. The molecule has 0 saturated heterocycles. The molecule has 8 heteroatoms. The van der Waals surface area contributed by atoms with Gasteiger partial charge in [0.05, 0.1) is 4.47 Å². The summed E-state index contributed by atoms with van der Waals surface area (Å²) < 4.78 is 0.714. The van der Waals surface area contributed by atoms with Crippen molar-refractivity contribution in [3.8, 4) is 0 Å². The molecule has 7 nitrogen and oxygen atoms in total. The Morgan fingerprint density at radius 2 is 1.86 bits per heavy atom. The van der Waals surface area contributed by atoms with Crippen molar-refractivity contribution in [1.29, 1.82) is 0 Å². The predicted molar refractivity (Wildman–Crippen MR) is 81.1 cm³/mol. The van der Waals surface area contributed by atoms with E-state index in [0.29, 0.717) is 21.5 Å². The van der Waals surface area contributed by atoms with E-state index in [1.54, 1.807) is 18.3 Å². The van der Waals surface area contributed by atoms with Crippen LogP contribution in [0.5, 0.6) is 0 Å². The number of hydrogen-bond donors (Lipinski definition) is 4. The van der Waals surface area contributed by atoms with Gasteiger partial charge in [0.2, 0.25) is 0 Å². The third-order valence-electron chi connectivity index (χ3n) is 2.45. The molecule has 1 aromatic carbocycles. The molecule has 108 valence electrons. The number of anilines is 2. The zero-order chi connectivity index (χ0) is 15.2. The second-order valence-electron chi connectivity index (χ2n) is 3.92. The molecule has 0 fully saturated rings. The maximum atomic E-state index is 11.9. The summed E-state index contributed by atoms with van der Waals surface area (Å²) in [5, 5.41) is 10.8. The summed E-state index contributed by atoms with van der Waals surface area (Å²) in [5.74, 6) is 0.115. The fourth-order valence-electron chi connectivity index (χ4n) is 1.49. The number of rotatable bonds is 4. The van der Waals surface area contributed by atoms with E-state index in [2.05, 4.69) is 37.1 Å². The first-order chi connectivity index (χ1) is 10.1. The van der Waals surface area contributed by atoms with Crippen LogP contribution in [0, 0.1) is 0 Å². The van der Waals surface area contributed by atoms with Crippen molar-refractivity contribution in [2.45, 2.75) is 0 Å². The van der Waals surface area contributed by atoms with Crippen LogP contribution in [0.1, 0.15) is 10.4 Å². The van der Waals surface area contributed by atoms with Crippen molar-refractivity contribution in [2.75, 3.05) is 10.7 Å². The van der Waals surface area contributed by atoms with E-state index in [4.69, 9.17) is 5.11 Å². The second-order valence-corrected chi connectivity index (χ2v) is 4.77. The monoisotopic (exact) mass is 350 g/mol. The van der Waals surface area contributed by atoms with Gasteiger partial charge in [-0.1, -0.05) is 0 Å². The van der Waals surface area contributed by atoms with Crippen LogP contribution < -0.4 is 16.2 Å². The first-order valence-corrected chi connectivity index (χ1v) is 6.62. The van der Waals surface area contributed by atoms with Crippen molar-refractivity contribution in [1.82, 2.24) is 10.4 Å². The fraction of sp³-hybridized carbons (Fsp3) is 0. The number of pyridine rings is 1. The van der Waals surface area contributed by atoms with E-state index in [1.807, 2.05) is 0 Å². The lowest BCUT2D eigenvalue weighted by molar-refractivity contribution is 0.0962. The Kier molecular flexibility index (Phi) is 4.72. The summed E-state index contributed by atoms with van der Waals surface area (Å²) in [5.41, 5.74) is 5.96. The number of carboxylic acid groups (broad SMARTS) is 1. The normalized spacial score (nSPS) is 9.76. The van der Waals surface area contributed by atoms with Crippen molar-refractivity contribution >= 4 is 39.4 Å². The van der Waals surface area contributed by atoms with Gasteiger partial charge < -0.3 is 5.11 Å². The lowest BCUT2D eigenvalue weighted by Gasteiger charge is -2.09. The van der Waals surface area contributed by atoms with E-state index < -0.39 is 6.09 Å². The van der Waals surface area contributed by atoms with Gasteiger partial charge in [-0.25, -0.2) is 9.78 Å². The minimum Gasteiger partial charge on any atom is -0.465 e.